The topological polar surface area (TPSA) is 58.8 Å². The highest BCUT2D eigenvalue weighted by atomic mass is 16.5. The molecular weight excluding hydrogens is 202 g/mol. The number of methoxy groups -OCH3 is 1. The zero-order valence-corrected chi connectivity index (χ0v) is 8.71. The van der Waals surface area contributed by atoms with Crippen LogP contribution in [0.5, 0.6) is 5.88 Å². The van der Waals surface area contributed by atoms with Crippen LogP contribution in [0.1, 0.15) is 5.69 Å². The van der Waals surface area contributed by atoms with Crippen molar-refractivity contribution in [3.8, 4) is 23.2 Å². The highest BCUT2D eigenvalue weighted by molar-refractivity contribution is 5.59. The molecular formula is C12H9N3O. The van der Waals surface area contributed by atoms with Crippen molar-refractivity contribution in [1.29, 1.82) is 5.26 Å². The molecule has 0 unspecified atom stereocenters. The van der Waals surface area contributed by atoms with Crippen LogP contribution in [0.25, 0.3) is 11.3 Å². The van der Waals surface area contributed by atoms with Gasteiger partial charge in [0.2, 0.25) is 5.69 Å². The minimum atomic E-state index is 0.198. The second-order valence-corrected chi connectivity index (χ2v) is 3.09. The van der Waals surface area contributed by atoms with Crippen molar-refractivity contribution < 1.29 is 4.74 Å². The predicted octanol–water partition coefficient (Wildman–Crippen LogP) is 2.02. The molecule has 0 fully saturated rings. The number of hydrogen-bond acceptors (Lipinski definition) is 4. The Morgan fingerprint density at radius 2 is 2.00 bits per heavy atom. The predicted molar refractivity (Wildman–Crippen MR) is 58.7 cm³/mol. The molecule has 2 rings (SSSR count). The van der Waals surface area contributed by atoms with E-state index >= 15 is 0 Å². The first-order valence-electron chi connectivity index (χ1n) is 4.71. The third-order valence-electron chi connectivity index (χ3n) is 2.11. The second kappa shape index (κ2) is 4.41. The molecule has 0 saturated heterocycles. The molecule has 0 amide bonds. The normalized spacial score (nSPS) is 9.50. The van der Waals surface area contributed by atoms with Crippen LogP contribution in [-0.4, -0.2) is 17.1 Å². The molecule has 0 radical (unpaired) electrons. The Kier molecular flexibility index (Phi) is 2.79. The first-order chi connectivity index (χ1) is 7.85. The maximum absolute atomic E-state index is 8.89. The Morgan fingerprint density at radius 3 is 2.62 bits per heavy atom. The van der Waals surface area contributed by atoms with Crippen molar-refractivity contribution in [1.82, 2.24) is 9.97 Å². The molecule has 1 heterocycles. The van der Waals surface area contributed by atoms with Gasteiger partial charge in [0, 0.05) is 5.56 Å². The summed E-state index contributed by atoms with van der Waals surface area (Å²) in [5.41, 5.74) is 1.79. The summed E-state index contributed by atoms with van der Waals surface area (Å²) in [5, 5.41) is 8.89. The maximum Gasteiger partial charge on any atom is 0.250 e. The van der Waals surface area contributed by atoms with E-state index in [-0.39, 0.29) is 11.6 Å². The SMILES string of the molecule is COc1ncc(-c2ccccc2)nc1C#N. The lowest BCUT2D eigenvalue weighted by molar-refractivity contribution is 0.394. The van der Waals surface area contributed by atoms with E-state index in [0.717, 1.165) is 5.56 Å². The molecule has 4 heteroatoms. The van der Waals surface area contributed by atoms with E-state index in [4.69, 9.17) is 10.00 Å². The van der Waals surface area contributed by atoms with Crippen molar-refractivity contribution in [2.24, 2.45) is 0 Å². The van der Waals surface area contributed by atoms with Crippen molar-refractivity contribution in [3.63, 3.8) is 0 Å². The standard InChI is InChI=1S/C12H9N3O/c1-16-12-10(7-13)15-11(8-14-12)9-5-3-2-4-6-9/h2-6,8H,1H3. The fraction of sp³-hybridized carbons (Fsp3) is 0.0833. The molecule has 0 aliphatic carbocycles. The van der Waals surface area contributed by atoms with Crippen LogP contribution in [0.2, 0.25) is 0 Å². The Hall–Kier alpha value is -2.41. The van der Waals surface area contributed by atoms with Gasteiger partial charge < -0.3 is 4.74 Å². The molecule has 1 aromatic carbocycles. The molecule has 16 heavy (non-hydrogen) atoms. The van der Waals surface area contributed by atoms with Crippen molar-refractivity contribution in [2.75, 3.05) is 7.11 Å². The van der Waals surface area contributed by atoms with E-state index < -0.39 is 0 Å². The number of nitriles is 1. The third kappa shape index (κ3) is 1.84. The molecule has 0 spiro atoms. The Labute approximate surface area is 93.2 Å². The monoisotopic (exact) mass is 211 g/mol. The molecule has 0 saturated carbocycles. The Balaban J connectivity index is 2.49. The van der Waals surface area contributed by atoms with Gasteiger partial charge >= 0.3 is 0 Å². The first kappa shape index (κ1) is 10.1. The highest BCUT2D eigenvalue weighted by Gasteiger charge is 2.07. The third-order valence-corrected chi connectivity index (χ3v) is 2.11. The van der Waals surface area contributed by atoms with Gasteiger partial charge in [-0.25, -0.2) is 9.97 Å². The smallest absolute Gasteiger partial charge is 0.250 e. The fourth-order valence-corrected chi connectivity index (χ4v) is 1.35. The van der Waals surface area contributed by atoms with E-state index in [1.807, 2.05) is 36.4 Å². The van der Waals surface area contributed by atoms with Crippen molar-refractivity contribution in [3.05, 3.63) is 42.2 Å². The number of aromatic nitrogens is 2. The largest absolute Gasteiger partial charge is 0.479 e. The summed E-state index contributed by atoms with van der Waals surface area (Å²) in [6, 6.07) is 11.5. The van der Waals surface area contributed by atoms with Gasteiger partial charge in [0.1, 0.15) is 6.07 Å². The van der Waals surface area contributed by atoms with Crippen LogP contribution in [0.15, 0.2) is 36.5 Å². The summed E-state index contributed by atoms with van der Waals surface area (Å²) in [6.07, 6.45) is 1.59. The Morgan fingerprint density at radius 1 is 1.25 bits per heavy atom. The molecule has 0 N–H and O–H groups in total. The van der Waals surface area contributed by atoms with Gasteiger partial charge in [-0.1, -0.05) is 30.3 Å². The van der Waals surface area contributed by atoms with Crippen molar-refractivity contribution >= 4 is 0 Å². The Bertz CT molecular complexity index is 532. The van der Waals surface area contributed by atoms with Gasteiger partial charge in [-0.2, -0.15) is 5.26 Å². The average molecular weight is 211 g/mol. The van der Waals surface area contributed by atoms with Crippen LogP contribution in [0.3, 0.4) is 0 Å². The molecule has 1 aromatic heterocycles. The lowest BCUT2D eigenvalue weighted by Crippen LogP contribution is -1.96. The molecule has 0 atom stereocenters. The lowest BCUT2D eigenvalue weighted by atomic mass is 10.2. The molecule has 0 aliphatic heterocycles. The van der Waals surface area contributed by atoms with Gasteiger partial charge in [0.05, 0.1) is 19.0 Å². The second-order valence-electron chi connectivity index (χ2n) is 3.09. The molecule has 78 valence electrons. The minimum Gasteiger partial charge on any atom is -0.479 e. The summed E-state index contributed by atoms with van der Waals surface area (Å²) >= 11 is 0. The number of rotatable bonds is 2. The van der Waals surface area contributed by atoms with Crippen LogP contribution in [0.4, 0.5) is 0 Å². The zero-order chi connectivity index (χ0) is 11.4. The van der Waals surface area contributed by atoms with Crippen LogP contribution >= 0.6 is 0 Å². The quantitative estimate of drug-likeness (QED) is 0.762. The van der Waals surface area contributed by atoms with E-state index in [9.17, 15) is 0 Å². The number of benzene rings is 1. The van der Waals surface area contributed by atoms with Gasteiger partial charge in [0.25, 0.3) is 5.88 Å². The molecule has 2 aromatic rings. The first-order valence-corrected chi connectivity index (χ1v) is 4.71. The fourth-order valence-electron chi connectivity index (χ4n) is 1.35. The van der Waals surface area contributed by atoms with E-state index in [1.165, 1.54) is 7.11 Å². The number of nitrogens with zero attached hydrogens (tertiary/aromatic N) is 3. The summed E-state index contributed by atoms with van der Waals surface area (Å²) in [4.78, 5) is 8.22. The van der Waals surface area contributed by atoms with Gasteiger partial charge in [-0.15, -0.1) is 0 Å². The molecule has 0 aliphatic rings. The van der Waals surface area contributed by atoms with Crippen LogP contribution in [-0.2, 0) is 0 Å². The van der Waals surface area contributed by atoms with Crippen molar-refractivity contribution in [2.45, 2.75) is 0 Å². The summed E-state index contributed by atoms with van der Waals surface area (Å²) < 4.78 is 4.93. The van der Waals surface area contributed by atoms with E-state index in [1.54, 1.807) is 6.20 Å². The minimum absolute atomic E-state index is 0.198. The number of hydrogen-bond donors (Lipinski definition) is 0. The van der Waals surface area contributed by atoms with Crippen LogP contribution < -0.4 is 4.74 Å². The highest BCUT2D eigenvalue weighted by Crippen LogP contribution is 2.19. The lowest BCUT2D eigenvalue weighted by Gasteiger charge is -2.03. The summed E-state index contributed by atoms with van der Waals surface area (Å²) in [6.45, 7) is 0. The van der Waals surface area contributed by atoms with Crippen LogP contribution in [0, 0.1) is 11.3 Å². The maximum atomic E-state index is 8.89. The molecule has 4 nitrogen and oxygen atoms in total. The van der Waals surface area contributed by atoms with Gasteiger partial charge in [-0.05, 0) is 0 Å². The summed E-state index contributed by atoms with van der Waals surface area (Å²) in [7, 11) is 1.47. The van der Waals surface area contributed by atoms with Gasteiger partial charge in [-0.3, -0.25) is 0 Å². The van der Waals surface area contributed by atoms with E-state index in [0.29, 0.717) is 5.69 Å². The van der Waals surface area contributed by atoms with Gasteiger partial charge in [0.15, 0.2) is 0 Å². The van der Waals surface area contributed by atoms with E-state index in [2.05, 4.69) is 9.97 Å². The summed E-state index contributed by atoms with van der Waals surface area (Å²) in [5.74, 6) is 0.252. The average Bonchev–Trinajstić information content (AvgIpc) is 2.39. The zero-order valence-electron chi connectivity index (χ0n) is 8.71. The molecule has 0 bridgehead atoms. The number of ether oxygens (including phenoxy) is 1.